The van der Waals surface area contributed by atoms with Crippen LogP contribution < -0.4 is 0 Å². The van der Waals surface area contributed by atoms with Gasteiger partial charge in [0.1, 0.15) is 12.2 Å². The molecule has 0 amide bonds. The summed E-state index contributed by atoms with van der Waals surface area (Å²) >= 11 is 0. The Balaban J connectivity index is 0.00000342. The minimum absolute atomic E-state index is 0. The smallest absolute Gasteiger partial charge is 0.217 e. The van der Waals surface area contributed by atoms with Crippen LogP contribution in [0.3, 0.4) is 0 Å². The number of ketones is 3. The Morgan fingerprint density at radius 2 is 1.06 bits per heavy atom. The molecule has 4 rings (SSSR count). The third-order valence-corrected chi connectivity index (χ3v) is 6.00. The molecule has 1 aliphatic rings. The van der Waals surface area contributed by atoms with E-state index in [1.54, 1.807) is 30.3 Å². The van der Waals surface area contributed by atoms with Gasteiger partial charge in [-0.3, -0.25) is 14.4 Å². The standard InChI is InChI=1S/C26H22O8.ClH/c27-19(16-10-4-1-5-11-16)20(28)23-25(32,21(29)17-12-6-2-7-13-17)26(33,24(31)34-23)22(30)18-14-8-3-9-15-18;/h1-15,20,23-24,28,31-33H;1H/t20?,23-,24-,25-,26+;/m1./s1. The molecule has 1 heterocycles. The summed E-state index contributed by atoms with van der Waals surface area (Å²) in [6.45, 7) is 0. The van der Waals surface area contributed by atoms with Crippen LogP contribution in [0.25, 0.3) is 0 Å². The van der Waals surface area contributed by atoms with Crippen molar-refractivity contribution in [2.75, 3.05) is 0 Å². The van der Waals surface area contributed by atoms with Crippen molar-refractivity contribution in [3.8, 4) is 0 Å². The third kappa shape index (κ3) is 4.21. The molecule has 5 atom stereocenters. The van der Waals surface area contributed by atoms with Crippen LogP contribution in [-0.4, -0.2) is 67.5 Å². The first-order valence-corrected chi connectivity index (χ1v) is 10.5. The molecule has 1 unspecified atom stereocenters. The zero-order valence-corrected chi connectivity index (χ0v) is 19.0. The molecule has 0 aromatic heterocycles. The van der Waals surface area contributed by atoms with Crippen LogP contribution in [0.1, 0.15) is 31.1 Å². The zero-order valence-electron chi connectivity index (χ0n) is 18.2. The van der Waals surface area contributed by atoms with Gasteiger partial charge in [0.05, 0.1) is 0 Å². The van der Waals surface area contributed by atoms with Crippen molar-refractivity contribution in [1.29, 1.82) is 0 Å². The van der Waals surface area contributed by atoms with Crippen molar-refractivity contribution < 1.29 is 39.5 Å². The topological polar surface area (TPSA) is 141 Å². The molecule has 0 aliphatic carbocycles. The van der Waals surface area contributed by atoms with Gasteiger partial charge in [-0.1, -0.05) is 91.0 Å². The van der Waals surface area contributed by atoms with Crippen molar-refractivity contribution in [2.45, 2.75) is 29.7 Å². The van der Waals surface area contributed by atoms with Gasteiger partial charge in [0.2, 0.25) is 17.2 Å². The molecule has 0 spiro atoms. The van der Waals surface area contributed by atoms with E-state index in [0.717, 1.165) is 0 Å². The first-order valence-electron chi connectivity index (χ1n) is 10.5. The SMILES string of the molecule is Cl.O=C(c1ccccc1)C(O)[C@H]1O[C@@H](O)[C@@](O)(C(=O)c2ccccc2)[C@@]1(O)C(=O)c1ccccc1. The first kappa shape index (κ1) is 26.4. The number of aliphatic hydroxyl groups excluding tert-OH is 2. The third-order valence-electron chi connectivity index (χ3n) is 6.00. The Morgan fingerprint density at radius 1 is 0.686 bits per heavy atom. The highest BCUT2D eigenvalue weighted by Gasteiger charge is 2.75. The maximum absolute atomic E-state index is 13.6. The second-order valence-electron chi connectivity index (χ2n) is 8.01. The number of Topliss-reactive ketones (excluding diaryl/α,β-unsaturated/α-hetero) is 3. The molecule has 3 aromatic rings. The fraction of sp³-hybridized carbons (Fsp3) is 0.192. The number of carbonyl (C=O) groups is 3. The van der Waals surface area contributed by atoms with E-state index < -0.39 is 47.0 Å². The van der Waals surface area contributed by atoms with E-state index in [0.29, 0.717) is 0 Å². The number of hydrogen-bond acceptors (Lipinski definition) is 8. The van der Waals surface area contributed by atoms with Crippen LogP contribution in [0.15, 0.2) is 91.0 Å². The zero-order chi connectivity index (χ0) is 24.5. The molecule has 35 heavy (non-hydrogen) atoms. The van der Waals surface area contributed by atoms with E-state index in [1.807, 2.05) is 0 Å². The Kier molecular flexibility index (Phi) is 7.66. The number of aliphatic hydroxyl groups is 4. The van der Waals surface area contributed by atoms with Crippen LogP contribution >= 0.6 is 12.4 Å². The number of benzene rings is 3. The largest absolute Gasteiger partial charge is 0.382 e. The Bertz CT molecular complexity index is 1200. The lowest BCUT2D eigenvalue weighted by atomic mass is 9.70. The van der Waals surface area contributed by atoms with E-state index in [-0.39, 0.29) is 29.1 Å². The summed E-state index contributed by atoms with van der Waals surface area (Å²) in [5.74, 6) is -3.36. The highest BCUT2D eigenvalue weighted by Crippen LogP contribution is 2.45. The summed E-state index contributed by atoms with van der Waals surface area (Å²) in [6.07, 6.45) is -6.80. The molecule has 9 heteroatoms. The number of ether oxygens (including phenoxy) is 1. The van der Waals surface area contributed by atoms with Crippen LogP contribution in [0.5, 0.6) is 0 Å². The molecule has 1 aliphatic heterocycles. The number of halogens is 1. The fourth-order valence-corrected chi connectivity index (χ4v) is 4.16. The van der Waals surface area contributed by atoms with Gasteiger partial charge >= 0.3 is 0 Å². The lowest BCUT2D eigenvalue weighted by Gasteiger charge is -2.38. The summed E-state index contributed by atoms with van der Waals surface area (Å²) in [5.41, 5.74) is -6.68. The lowest BCUT2D eigenvalue weighted by Crippen LogP contribution is -2.69. The van der Waals surface area contributed by atoms with Gasteiger partial charge in [0.15, 0.2) is 17.7 Å². The molecule has 0 saturated carbocycles. The summed E-state index contributed by atoms with van der Waals surface area (Å²) in [6, 6.07) is 22.0. The van der Waals surface area contributed by atoms with Gasteiger partial charge in [-0.15, -0.1) is 12.4 Å². The van der Waals surface area contributed by atoms with E-state index in [4.69, 9.17) is 4.74 Å². The minimum Gasteiger partial charge on any atom is -0.382 e. The number of rotatable bonds is 7. The molecule has 8 nitrogen and oxygen atoms in total. The summed E-state index contributed by atoms with van der Waals surface area (Å²) < 4.78 is 5.23. The minimum atomic E-state index is -3.23. The Morgan fingerprint density at radius 3 is 1.49 bits per heavy atom. The lowest BCUT2D eigenvalue weighted by molar-refractivity contribution is -0.163. The Hall–Kier alpha value is -3.24. The summed E-state index contributed by atoms with van der Waals surface area (Å²) in [4.78, 5) is 39.9. The average molecular weight is 499 g/mol. The maximum atomic E-state index is 13.6. The van der Waals surface area contributed by atoms with E-state index in [1.165, 1.54) is 60.7 Å². The van der Waals surface area contributed by atoms with Crippen molar-refractivity contribution in [1.82, 2.24) is 0 Å². The van der Waals surface area contributed by atoms with Gasteiger partial charge < -0.3 is 25.2 Å². The second kappa shape index (κ2) is 10.2. The van der Waals surface area contributed by atoms with Gasteiger partial charge in [-0.25, -0.2) is 0 Å². The monoisotopic (exact) mass is 498 g/mol. The van der Waals surface area contributed by atoms with E-state index >= 15 is 0 Å². The van der Waals surface area contributed by atoms with Crippen molar-refractivity contribution in [3.05, 3.63) is 108 Å². The van der Waals surface area contributed by atoms with Crippen molar-refractivity contribution in [2.24, 2.45) is 0 Å². The van der Waals surface area contributed by atoms with Gasteiger partial charge in [0, 0.05) is 16.7 Å². The van der Waals surface area contributed by atoms with Crippen molar-refractivity contribution >= 4 is 29.8 Å². The second-order valence-corrected chi connectivity index (χ2v) is 8.01. The molecule has 4 N–H and O–H groups in total. The molecule has 1 saturated heterocycles. The highest BCUT2D eigenvalue weighted by atomic mass is 35.5. The molecule has 0 bridgehead atoms. The van der Waals surface area contributed by atoms with E-state index in [9.17, 15) is 34.8 Å². The van der Waals surface area contributed by atoms with Crippen LogP contribution in [0, 0.1) is 0 Å². The Labute approximate surface area is 206 Å². The predicted molar refractivity (Wildman–Crippen MR) is 126 cm³/mol. The van der Waals surface area contributed by atoms with Crippen LogP contribution in [-0.2, 0) is 4.74 Å². The predicted octanol–water partition coefficient (Wildman–Crippen LogP) is 1.60. The molecule has 0 radical (unpaired) electrons. The van der Waals surface area contributed by atoms with Gasteiger partial charge in [-0.05, 0) is 0 Å². The van der Waals surface area contributed by atoms with Gasteiger partial charge in [0.25, 0.3) is 0 Å². The van der Waals surface area contributed by atoms with Crippen LogP contribution in [0.4, 0.5) is 0 Å². The van der Waals surface area contributed by atoms with Crippen LogP contribution in [0.2, 0.25) is 0 Å². The summed E-state index contributed by atoms with van der Waals surface area (Å²) in [5, 5.41) is 44.8. The molecular formula is C26H23ClO8. The fourth-order valence-electron chi connectivity index (χ4n) is 4.16. The molecule has 1 fully saturated rings. The normalized spacial score (nSPS) is 26.4. The quantitative estimate of drug-likeness (QED) is 0.360. The molecule has 3 aromatic carbocycles. The molecular weight excluding hydrogens is 476 g/mol. The van der Waals surface area contributed by atoms with E-state index in [2.05, 4.69) is 0 Å². The molecule has 182 valence electrons. The van der Waals surface area contributed by atoms with Gasteiger partial charge in [-0.2, -0.15) is 0 Å². The summed E-state index contributed by atoms with van der Waals surface area (Å²) in [7, 11) is 0. The average Bonchev–Trinajstić information content (AvgIpc) is 3.10. The first-order chi connectivity index (χ1) is 16.2. The maximum Gasteiger partial charge on any atom is 0.217 e. The number of hydrogen-bond donors (Lipinski definition) is 4. The highest BCUT2D eigenvalue weighted by molar-refractivity contribution is 6.14. The van der Waals surface area contributed by atoms with Crippen molar-refractivity contribution in [3.63, 3.8) is 0 Å². The number of carbonyl (C=O) groups excluding carboxylic acids is 3.